The zero-order valence-corrected chi connectivity index (χ0v) is 16.7. The number of carbonyl (C=O) groups excluding carboxylic acids is 1. The Kier molecular flexibility index (Phi) is 6.06. The molecule has 25 heavy (non-hydrogen) atoms. The summed E-state index contributed by atoms with van der Waals surface area (Å²) in [5.41, 5.74) is 0.871. The van der Waals surface area contributed by atoms with E-state index >= 15 is 0 Å². The number of ether oxygens (including phenoxy) is 2. The number of carbonyl (C=O) groups is 1. The van der Waals surface area contributed by atoms with Crippen LogP contribution in [0.2, 0.25) is 0 Å². The van der Waals surface area contributed by atoms with E-state index in [4.69, 9.17) is 9.47 Å². The van der Waals surface area contributed by atoms with Crippen molar-refractivity contribution in [3.05, 3.63) is 27.1 Å². The van der Waals surface area contributed by atoms with Crippen LogP contribution in [0, 0.1) is 0 Å². The Balaban J connectivity index is 1.83. The largest absolute Gasteiger partial charge is 0.492 e. The highest BCUT2D eigenvalue weighted by atomic mass is 79.9. The fourth-order valence-corrected chi connectivity index (χ4v) is 4.49. The first-order chi connectivity index (χ1) is 12.1. The van der Waals surface area contributed by atoms with Gasteiger partial charge in [-0.1, -0.05) is 12.8 Å². The topological polar surface area (TPSA) is 59.9 Å². The molecule has 5 nitrogen and oxygen atoms in total. The van der Waals surface area contributed by atoms with Gasteiger partial charge in [0.2, 0.25) is 0 Å². The Morgan fingerprint density at radius 1 is 1.40 bits per heavy atom. The molecule has 1 saturated carbocycles. The molecule has 1 aromatic rings. The minimum atomic E-state index is -0.105. The van der Waals surface area contributed by atoms with Gasteiger partial charge in [0.25, 0.3) is 5.91 Å². The highest BCUT2D eigenvalue weighted by Crippen LogP contribution is 2.38. The van der Waals surface area contributed by atoms with E-state index in [0.717, 1.165) is 22.9 Å². The van der Waals surface area contributed by atoms with Crippen LogP contribution < -0.4 is 14.8 Å². The first-order valence-electron chi connectivity index (χ1n) is 8.39. The lowest BCUT2D eigenvalue weighted by Gasteiger charge is -2.12. The quantitative estimate of drug-likeness (QED) is 0.713. The average molecular weight is 425 g/mol. The molecule has 0 atom stereocenters. The minimum absolute atomic E-state index is 0.105. The van der Waals surface area contributed by atoms with Gasteiger partial charge in [-0.15, -0.1) is 0 Å². The molecule has 3 rings (SSSR count). The maximum atomic E-state index is 12.2. The summed E-state index contributed by atoms with van der Waals surface area (Å²) in [7, 11) is 1.60. The number of amidine groups is 1. The van der Waals surface area contributed by atoms with Gasteiger partial charge in [0.05, 0.1) is 29.1 Å². The molecular formula is C18H21BrN2O3S. The van der Waals surface area contributed by atoms with Gasteiger partial charge in [-0.05, 0) is 71.2 Å². The molecule has 1 N–H and O–H groups in total. The average Bonchev–Trinajstić information content (AvgIpc) is 3.18. The monoisotopic (exact) mass is 424 g/mol. The number of hydrogen-bond donors (Lipinski definition) is 1. The number of benzene rings is 1. The van der Waals surface area contributed by atoms with Gasteiger partial charge >= 0.3 is 0 Å². The SMILES string of the molecule is CCOc1cc(/C=C2\SC(=NC3CCCC3)NC2=O)cc(Br)c1OC. The summed E-state index contributed by atoms with van der Waals surface area (Å²) in [6.45, 7) is 2.46. The van der Waals surface area contributed by atoms with Crippen LogP contribution in [0.3, 0.4) is 0 Å². The molecule has 0 unspecified atom stereocenters. The molecule has 0 spiro atoms. The van der Waals surface area contributed by atoms with Gasteiger partial charge in [-0.25, -0.2) is 0 Å². The third kappa shape index (κ3) is 4.39. The van der Waals surface area contributed by atoms with Gasteiger partial charge in [0.15, 0.2) is 16.7 Å². The number of aliphatic imine (C=N–C) groups is 1. The van der Waals surface area contributed by atoms with Crippen molar-refractivity contribution < 1.29 is 14.3 Å². The van der Waals surface area contributed by atoms with Gasteiger partial charge in [-0.3, -0.25) is 9.79 Å². The van der Waals surface area contributed by atoms with Crippen LogP contribution in [0.5, 0.6) is 11.5 Å². The normalized spacial score (nSPS) is 21.2. The zero-order chi connectivity index (χ0) is 17.8. The third-order valence-corrected chi connectivity index (χ3v) is 5.62. The summed E-state index contributed by atoms with van der Waals surface area (Å²) in [6, 6.07) is 4.13. The molecule has 1 amide bonds. The lowest BCUT2D eigenvalue weighted by Crippen LogP contribution is -2.21. The Hall–Kier alpha value is -1.47. The number of rotatable bonds is 5. The van der Waals surface area contributed by atoms with Crippen molar-refractivity contribution in [2.45, 2.75) is 38.6 Å². The molecule has 2 fully saturated rings. The first-order valence-corrected chi connectivity index (χ1v) is 10.0. The number of nitrogens with zero attached hydrogens (tertiary/aromatic N) is 1. The van der Waals surface area contributed by atoms with Crippen molar-refractivity contribution in [1.29, 1.82) is 0 Å². The Bertz CT molecular complexity index is 727. The van der Waals surface area contributed by atoms with Crippen LogP contribution in [0.15, 0.2) is 26.5 Å². The van der Waals surface area contributed by atoms with Crippen molar-refractivity contribution >= 4 is 44.8 Å². The second kappa shape index (κ2) is 8.27. The second-order valence-electron chi connectivity index (χ2n) is 5.90. The predicted molar refractivity (Wildman–Crippen MR) is 105 cm³/mol. The van der Waals surface area contributed by atoms with Crippen LogP contribution in [0.1, 0.15) is 38.2 Å². The summed E-state index contributed by atoms with van der Waals surface area (Å²) in [5, 5.41) is 3.58. The van der Waals surface area contributed by atoms with E-state index in [1.807, 2.05) is 25.1 Å². The van der Waals surface area contributed by atoms with Crippen molar-refractivity contribution in [3.63, 3.8) is 0 Å². The number of methoxy groups -OCH3 is 1. The van der Waals surface area contributed by atoms with E-state index in [-0.39, 0.29) is 5.91 Å². The highest BCUT2D eigenvalue weighted by molar-refractivity contribution is 9.10. The van der Waals surface area contributed by atoms with Gasteiger partial charge in [0, 0.05) is 0 Å². The van der Waals surface area contributed by atoms with Gasteiger partial charge in [-0.2, -0.15) is 0 Å². The van der Waals surface area contributed by atoms with Gasteiger partial charge < -0.3 is 14.8 Å². The summed E-state index contributed by atoms with van der Waals surface area (Å²) in [6.07, 6.45) is 6.53. The third-order valence-electron chi connectivity index (χ3n) is 4.11. The fraction of sp³-hybridized carbons (Fsp3) is 0.444. The van der Waals surface area contributed by atoms with E-state index in [2.05, 4.69) is 26.2 Å². The molecule has 0 radical (unpaired) electrons. The van der Waals surface area contributed by atoms with E-state index in [0.29, 0.717) is 34.2 Å². The Morgan fingerprint density at radius 2 is 2.16 bits per heavy atom. The summed E-state index contributed by atoms with van der Waals surface area (Å²) >= 11 is 4.90. The Labute approximate surface area is 160 Å². The molecular weight excluding hydrogens is 404 g/mol. The Morgan fingerprint density at radius 3 is 2.84 bits per heavy atom. The molecule has 1 aliphatic heterocycles. The van der Waals surface area contributed by atoms with E-state index < -0.39 is 0 Å². The van der Waals surface area contributed by atoms with Gasteiger partial charge in [0.1, 0.15) is 0 Å². The number of nitrogens with one attached hydrogen (secondary N) is 1. The molecule has 1 aliphatic carbocycles. The number of halogens is 1. The van der Waals surface area contributed by atoms with Crippen molar-refractivity contribution in [3.8, 4) is 11.5 Å². The molecule has 1 saturated heterocycles. The van der Waals surface area contributed by atoms with Crippen molar-refractivity contribution in [1.82, 2.24) is 5.32 Å². The molecule has 1 aromatic carbocycles. The standard InChI is InChI=1S/C18H21BrN2O3S/c1-3-24-14-9-11(8-13(19)16(14)23-2)10-15-17(22)21-18(25-15)20-12-6-4-5-7-12/h8-10,12H,3-7H2,1-2H3,(H,20,21,22)/b15-10-. The molecule has 7 heteroatoms. The lowest BCUT2D eigenvalue weighted by molar-refractivity contribution is -0.115. The highest BCUT2D eigenvalue weighted by Gasteiger charge is 2.26. The smallest absolute Gasteiger partial charge is 0.264 e. The number of amides is 1. The molecule has 1 heterocycles. The van der Waals surface area contributed by atoms with Crippen molar-refractivity contribution in [2.75, 3.05) is 13.7 Å². The van der Waals surface area contributed by atoms with E-state index in [1.165, 1.54) is 24.6 Å². The molecule has 0 aromatic heterocycles. The fourth-order valence-electron chi connectivity index (χ4n) is 2.97. The van der Waals surface area contributed by atoms with Crippen LogP contribution in [-0.2, 0) is 4.79 Å². The predicted octanol–water partition coefficient (Wildman–Crippen LogP) is 4.36. The van der Waals surface area contributed by atoms with E-state index in [1.54, 1.807) is 7.11 Å². The van der Waals surface area contributed by atoms with Crippen LogP contribution in [-0.4, -0.2) is 30.8 Å². The van der Waals surface area contributed by atoms with Crippen LogP contribution in [0.25, 0.3) is 6.08 Å². The second-order valence-corrected chi connectivity index (χ2v) is 7.79. The summed E-state index contributed by atoms with van der Waals surface area (Å²) in [5.74, 6) is 1.19. The maximum absolute atomic E-state index is 12.2. The number of hydrogen-bond acceptors (Lipinski definition) is 5. The molecule has 0 bridgehead atoms. The first kappa shape index (κ1) is 18.3. The maximum Gasteiger partial charge on any atom is 0.264 e. The minimum Gasteiger partial charge on any atom is -0.492 e. The zero-order valence-electron chi connectivity index (χ0n) is 14.3. The van der Waals surface area contributed by atoms with Crippen LogP contribution >= 0.6 is 27.7 Å². The van der Waals surface area contributed by atoms with Crippen LogP contribution in [0.4, 0.5) is 0 Å². The molecule has 2 aliphatic rings. The molecule has 134 valence electrons. The van der Waals surface area contributed by atoms with Crippen molar-refractivity contribution in [2.24, 2.45) is 4.99 Å². The summed E-state index contributed by atoms with van der Waals surface area (Å²) in [4.78, 5) is 17.5. The number of thioether (sulfide) groups is 1. The summed E-state index contributed by atoms with van der Waals surface area (Å²) < 4.78 is 11.8. The van der Waals surface area contributed by atoms with E-state index in [9.17, 15) is 4.79 Å². The lowest BCUT2D eigenvalue weighted by atomic mass is 10.2.